The number of hydrogen-bond donors (Lipinski definition) is 1. The highest BCUT2D eigenvalue weighted by molar-refractivity contribution is 7.80. The Kier molecular flexibility index (Phi) is 4.87. The molecule has 0 aliphatic rings. The summed E-state index contributed by atoms with van der Waals surface area (Å²) in [5.74, 6) is 0.0905. The summed E-state index contributed by atoms with van der Waals surface area (Å²) in [6.45, 7) is 6.96. The molecule has 0 aromatic heterocycles. The number of nitrogens with zero attached hydrogens (tertiary/aromatic N) is 1. The minimum Gasteiger partial charge on any atom is -0.336 e. The van der Waals surface area contributed by atoms with Gasteiger partial charge < -0.3 is 4.90 Å². The smallest absolute Gasteiger partial charge is 0.254 e. The molecule has 0 atom stereocenters. The van der Waals surface area contributed by atoms with Crippen molar-refractivity contribution in [2.24, 2.45) is 0 Å². The van der Waals surface area contributed by atoms with Crippen molar-refractivity contribution < 1.29 is 4.79 Å². The molecule has 0 fully saturated rings. The van der Waals surface area contributed by atoms with Crippen molar-refractivity contribution in [2.75, 3.05) is 6.54 Å². The van der Waals surface area contributed by atoms with Gasteiger partial charge in [0, 0.05) is 23.0 Å². The SMILES string of the molecule is CCCN(C(=O)c1cccc(S)c1)C(C)C. The fourth-order valence-electron chi connectivity index (χ4n) is 1.64. The molecule has 3 heteroatoms. The Balaban J connectivity index is 2.90. The van der Waals surface area contributed by atoms with Crippen molar-refractivity contribution >= 4 is 18.5 Å². The first-order chi connectivity index (χ1) is 7.56. The Labute approximate surface area is 103 Å². The van der Waals surface area contributed by atoms with Crippen LogP contribution in [0.25, 0.3) is 0 Å². The predicted octanol–water partition coefficient (Wildman–Crippen LogP) is 3.24. The van der Waals surface area contributed by atoms with Crippen LogP contribution in [0.1, 0.15) is 37.6 Å². The maximum Gasteiger partial charge on any atom is 0.254 e. The number of thiol groups is 1. The molecule has 0 aliphatic heterocycles. The molecular weight excluding hydrogens is 218 g/mol. The lowest BCUT2D eigenvalue weighted by Gasteiger charge is -2.26. The van der Waals surface area contributed by atoms with Gasteiger partial charge in [-0.2, -0.15) is 0 Å². The highest BCUT2D eigenvalue weighted by atomic mass is 32.1. The molecule has 0 radical (unpaired) electrons. The van der Waals surface area contributed by atoms with Gasteiger partial charge in [-0.15, -0.1) is 12.6 Å². The van der Waals surface area contributed by atoms with Gasteiger partial charge in [0.15, 0.2) is 0 Å². The summed E-state index contributed by atoms with van der Waals surface area (Å²) in [5, 5.41) is 0. The number of benzene rings is 1. The summed E-state index contributed by atoms with van der Waals surface area (Å²) >= 11 is 4.25. The van der Waals surface area contributed by atoms with Gasteiger partial charge in [-0.3, -0.25) is 4.79 Å². The molecule has 0 unspecified atom stereocenters. The molecule has 1 rings (SSSR count). The third-order valence-electron chi connectivity index (χ3n) is 2.44. The third kappa shape index (κ3) is 3.27. The van der Waals surface area contributed by atoms with Gasteiger partial charge in [-0.05, 0) is 38.5 Å². The van der Waals surface area contributed by atoms with Crippen molar-refractivity contribution in [3.63, 3.8) is 0 Å². The van der Waals surface area contributed by atoms with Gasteiger partial charge >= 0.3 is 0 Å². The van der Waals surface area contributed by atoms with E-state index >= 15 is 0 Å². The highest BCUT2D eigenvalue weighted by Gasteiger charge is 2.17. The molecule has 0 spiro atoms. The second-order valence-electron chi connectivity index (χ2n) is 4.14. The number of amides is 1. The van der Waals surface area contributed by atoms with Gasteiger partial charge in [0.05, 0.1) is 0 Å². The highest BCUT2D eigenvalue weighted by Crippen LogP contribution is 2.13. The van der Waals surface area contributed by atoms with E-state index in [1.165, 1.54) is 0 Å². The van der Waals surface area contributed by atoms with E-state index in [2.05, 4.69) is 19.6 Å². The van der Waals surface area contributed by atoms with Crippen LogP contribution in [-0.2, 0) is 0 Å². The molecule has 1 aromatic carbocycles. The van der Waals surface area contributed by atoms with Gasteiger partial charge in [0.25, 0.3) is 5.91 Å². The summed E-state index contributed by atoms with van der Waals surface area (Å²) in [4.78, 5) is 14.9. The van der Waals surface area contributed by atoms with Crippen molar-refractivity contribution in [2.45, 2.75) is 38.1 Å². The van der Waals surface area contributed by atoms with Crippen LogP contribution < -0.4 is 0 Å². The second-order valence-corrected chi connectivity index (χ2v) is 4.66. The van der Waals surface area contributed by atoms with E-state index in [1.54, 1.807) is 0 Å². The lowest BCUT2D eigenvalue weighted by Crippen LogP contribution is -2.37. The largest absolute Gasteiger partial charge is 0.336 e. The standard InChI is InChI=1S/C13H19NOS/c1-4-8-14(10(2)3)13(15)11-6-5-7-12(16)9-11/h5-7,9-10,16H,4,8H2,1-3H3. The average molecular weight is 237 g/mol. The normalized spacial score (nSPS) is 10.6. The first kappa shape index (κ1) is 13.1. The Morgan fingerprint density at radius 2 is 2.12 bits per heavy atom. The van der Waals surface area contributed by atoms with Crippen molar-refractivity contribution in [1.82, 2.24) is 4.90 Å². The van der Waals surface area contributed by atoms with Gasteiger partial charge in [0.1, 0.15) is 0 Å². The molecule has 0 saturated carbocycles. The van der Waals surface area contributed by atoms with Crippen LogP contribution in [0.3, 0.4) is 0 Å². The summed E-state index contributed by atoms with van der Waals surface area (Å²) in [6, 6.07) is 7.62. The summed E-state index contributed by atoms with van der Waals surface area (Å²) < 4.78 is 0. The van der Waals surface area contributed by atoms with Crippen molar-refractivity contribution in [3.8, 4) is 0 Å². The van der Waals surface area contributed by atoms with Gasteiger partial charge in [0.2, 0.25) is 0 Å². The fraction of sp³-hybridized carbons (Fsp3) is 0.462. The maximum atomic E-state index is 12.2. The Morgan fingerprint density at radius 3 is 2.62 bits per heavy atom. The lowest BCUT2D eigenvalue weighted by atomic mass is 10.1. The zero-order valence-corrected chi connectivity index (χ0v) is 11.0. The lowest BCUT2D eigenvalue weighted by molar-refractivity contribution is 0.0705. The zero-order chi connectivity index (χ0) is 12.1. The molecule has 0 aliphatic carbocycles. The molecule has 88 valence electrons. The quantitative estimate of drug-likeness (QED) is 0.797. The molecule has 0 saturated heterocycles. The van der Waals surface area contributed by atoms with Crippen LogP contribution in [0.5, 0.6) is 0 Å². The van der Waals surface area contributed by atoms with E-state index in [0.29, 0.717) is 0 Å². The summed E-state index contributed by atoms with van der Waals surface area (Å²) in [6.07, 6.45) is 0.977. The Morgan fingerprint density at radius 1 is 1.44 bits per heavy atom. The molecule has 1 amide bonds. The minimum absolute atomic E-state index is 0.0905. The molecule has 0 bridgehead atoms. The Hall–Kier alpha value is -0.960. The van der Waals surface area contributed by atoms with E-state index in [9.17, 15) is 4.79 Å². The van der Waals surface area contributed by atoms with E-state index in [-0.39, 0.29) is 11.9 Å². The minimum atomic E-state index is 0.0905. The molecule has 0 heterocycles. The molecule has 1 aromatic rings. The summed E-state index contributed by atoms with van der Waals surface area (Å²) in [5.41, 5.74) is 0.717. The van der Waals surface area contributed by atoms with Crippen LogP contribution in [-0.4, -0.2) is 23.4 Å². The van der Waals surface area contributed by atoms with Crippen LogP contribution in [0.2, 0.25) is 0 Å². The molecule has 0 N–H and O–H groups in total. The first-order valence-corrected chi connectivity index (χ1v) is 6.11. The summed E-state index contributed by atoms with van der Waals surface area (Å²) in [7, 11) is 0. The second kappa shape index (κ2) is 5.94. The topological polar surface area (TPSA) is 20.3 Å². The van der Waals surface area contributed by atoms with Crippen molar-refractivity contribution in [1.29, 1.82) is 0 Å². The number of hydrogen-bond acceptors (Lipinski definition) is 2. The molecule has 16 heavy (non-hydrogen) atoms. The number of rotatable bonds is 4. The first-order valence-electron chi connectivity index (χ1n) is 5.66. The zero-order valence-electron chi connectivity index (χ0n) is 10.1. The van der Waals surface area contributed by atoms with Crippen molar-refractivity contribution in [3.05, 3.63) is 29.8 Å². The van der Waals surface area contributed by atoms with Crippen LogP contribution >= 0.6 is 12.6 Å². The average Bonchev–Trinajstić information content (AvgIpc) is 2.24. The van der Waals surface area contributed by atoms with E-state index in [1.807, 2.05) is 43.0 Å². The fourth-order valence-corrected chi connectivity index (χ4v) is 1.87. The number of carbonyl (C=O) groups is 1. The molecular formula is C13H19NOS. The monoisotopic (exact) mass is 237 g/mol. The molecule has 2 nitrogen and oxygen atoms in total. The predicted molar refractivity (Wildman–Crippen MR) is 70.2 cm³/mol. The van der Waals surface area contributed by atoms with Gasteiger partial charge in [-0.1, -0.05) is 13.0 Å². The van der Waals surface area contributed by atoms with E-state index in [0.717, 1.165) is 23.4 Å². The van der Waals surface area contributed by atoms with Crippen LogP contribution in [0.4, 0.5) is 0 Å². The third-order valence-corrected chi connectivity index (χ3v) is 2.72. The van der Waals surface area contributed by atoms with Crippen LogP contribution in [0.15, 0.2) is 29.2 Å². The van der Waals surface area contributed by atoms with E-state index in [4.69, 9.17) is 0 Å². The number of carbonyl (C=O) groups excluding carboxylic acids is 1. The van der Waals surface area contributed by atoms with Gasteiger partial charge in [-0.25, -0.2) is 0 Å². The Bertz CT molecular complexity index is 363. The maximum absolute atomic E-state index is 12.2. The van der Waals surface area contributed by atoms with Crippen LogP contribution in [0, 0.1) is 0 Å². The van der Waals surface area contributed by atoms with E-state index < -0.39 is 0 Å².